The van der Waals surface area contributed by atoms with Gasteiger partial charge in [-0.2, -0.15) is 4.31 Å². The van der Waals surface area contributed by atoms with E-state index in [4.69, 9.17) is 4.52 Å². The molecule has 0 spiro atoms. The molecule has 2 aromatic rings. The number of nitrogens with one attached hydrogen (secondary N) is 1. The van der Waals surface area contributed by atoms with Crippen LogP contribution in [0.5, 0.6) is 0 Å². The lowest BCUT2D eigenvalue weighted by Crippen LogP contribution is -2.48. The summed E-state index contributed by atoms with van der Waals surface area (Å²) in [7, 11) is -3.66. The second kappa shape index (κ2) is 7.86. The molecule has 0 aliphatic carbocycles. The molecule has 138 valence electrons. The molecule has 1 unspecified atom stereocenters. The second-order valence-corrected chi connectivity index (χ2v) is 7.91. The van der Waals surface area contributed by atoms with E-state index in [9.17, 15) is 8.42 Å². The lowest BCUT2D eigenvalue weighted by Gasteiger charge is -2.35. The van der Waals surface area contributed by atoms with E-state index < -0.39 is 10.0 Å². The summed E-state index contributed by atoms with van der Waals surface area (Å²) < 4.78 is 33.0. The molecule has 6 nitrogen and oxygen atoms in total. The average molecular weight is 386 g/mol. The van der Waals surface area contributed by atoms with Gasteiger partial charge in [-0.15, -0.1) is 12.4 Å². The van der Waals surface area contributed by atoms with E-state index >= 15 is 0 Å². The minimum atomic E-state index is -3.66. The predicted octanol–water partition coefficient (Wildman–Crippen LogP) is 2.61. The molecular formula is C17H24ClN3O3S. The van der Waals surface area contributed by atoms with Crippen LogP contribution in [0.4, 0.5) is 0 Å². The molecule has 1 aliphatic heterocycles. The van der Waals surface area contributed by atoms with Crippen LogP contribution in [0, 0.1) is 13.8 Å². The maximum absolute atomic E-state index is 13.2. The van der Waals surface area contributed by atoms with Crippen molar-refractivity contribution in [3.63, 3.8) is 0 Å². The molecule has 1 atom stereocenters. The molecule has 25 heavy (non-hydrogen) atoms. The summed E-state index contributed by atoms with van der Waals surface area (Å²) in [5.41, 5.74) is 2.64. The topological polar surface area (TPSA) is 75.4 Å². The zero-order valence-electron chi connectivity index (χ0n) is 14.7. The third-order valence-electron chi connectivity index (χ3n) is 4.50. The summed E-state index contributed by atoms with van der Waals surface area (Å²) >= 11 is 0. The summed E-state index contributed by atoms with van der Waals surface area (Å²) in [4.78, 5) is 0.194. The molecule has 1 N–H and O–H groups in total. The number of sulfonamides is 1. The number of aryl methyl sites for hydroxylation is 3. The van der Waals surface area contributed by atoms with Crippen molar-refractivity contribution in [2.75, 3.05) is 19.6 Å². The first kappa shape index (κ1) is 19.9. The van der Waals surface area contributed by atoms with Gasteiger partial charge in [0.1, 0.15) is 10.6 Å². The normalized spacial score (nSPS) is 18.8. The number of halogens is 1. The van der Waals surface area contributed by atoms with Gasteiger partial charge >= 0.3 is 0 Å². The first-order valence-electron chi connectivity index (χ1n) is 8.19. The fraction of sp³-hybridized carbons (Fsp3) is 0.471. The van der Waals surface area contributed by atoms with Crippen LogP contribution in [0.1, 0.15) is 35.5 Å². The molecule has 1 saturated heterocycles. The summed E-state index contributed by atoms with van der Waals surface area (Å²) in [6.45, 7) is 7.05. The Labute approximate surface area is 155 Å². The lowest BCUT2D eigenvalue weighted by atomic mass is 10.0. The Morgan fingerprint density at radius 1 is 1.28 bits per heavy atom. The van der Waals surface area contributed by atoms with Crippen LogP contribution >= 0.6 is 12.4 Å². The number of piperazine rings is 1. The van der Waals surface area contributed by atoms with Crippen molar-refractivity contribution in [1.29, 1.82) is 0 Å². The minimum absolute atomic E-state index is 0. The molecule has 2 heterocycles. The Morgan fingerprint density at radius 3 is 2.52 bits per heavy atom. The lowest BCUT2D eigenvalue weighted by molar-refractivity contribution is 0.271. The van der Waals surface area contributed by atoms with Gasteiger partial charge < -0.3 is 9.84 Å². The molecule has 1 aliphatic rings. The van der Waals surface area contributed by atoms with E-state index in [1.807, 2.05) is 12.1 Å². The minimum Gasteiger partial charge on any atom is -0.360 e. The Balaban J connectivity index is 0.00000225. The highest BCUT2D eigenvalue weighted by Crippen LogP contribution is 2.31. The van der Waals surface area contributed by atoms with Crippen LogP contribution in [-0.4, -0.2) is 37.5 Å². The van der Waals surface area contributed by atoms with Gasteiger partial charge in [-0.3, -0.25) is 0 Å². The molecular weight excluding hydrogens is 362 g/mol. The van der Waals surface area contributed by atoms with Crippen LogP contribution in [-0.2, 0) is 16.4 Å². The summed E-state index contributed by atoms with van der Waals surface area (Å²) in [5.74, 6) is 0.339. The van der Waals surface area contributed by atoms with E-state index in [0.717, 1.165) is 12.0 Å². The number of nitrogens with zero attached hydrogens (tertiary/aromatic N) is 2. The summed E-state index contributed by atoms with van der Waals surface area (Å²) in [6, 6.07) is 7.93. The fourth-order valence-corrected chi connectivity index (χ4v) is 5.10. The highest BCUT2D eigenvalue weighted by Gasteiger charge is 2.37. The Bertz CT molecular complexity index is 799. The van der Waals surface area contributed by atoms with Crippen molar-refractivity contribution < 1.29 is 12.9 Å². The smallest absolute Gasteiger partial charge is 0.249 e. The predicted molar refractivity (Wildman–Crippen MR) is 98.5 cm³/mol. The molecule has 1 aromatic heterocycles. The van der Waals surface area contributed by atoms with Crippen LogP contribution in [0.2, 0.25) is 0 Å². The van der Waals surface area contributed by atoms with Crippen molar-refractivity contribution in [2.24, 2.45) is 0 Å². The van der Waals surface area contributed by atoms with E-state index in [1.54, 1.807) is 18.2 Å². The van der Waals surface area contributed by atoms with E-state index in [2.05, 4.69) is 29.5 Å². The Kier molecular flexibility index (Phi) is 6.26. The van der Waals surface area contributed by atoms with Gasteiger partial charge in [0, 0.05) is 19.6 Å². The van der Waals surface area contributed by atoms with Gasteiger partial charge in [-0.1, -0.05) is 36.3 Å². The van der Waals surface area contributed by atoms with Crippen LogP contribution < -0.4 is 5.32 Å². The number of rotatable bonds is 4. The first-order chi connectivity index (χ1) is 11.4. The van der Waals surface area contributed by atoms with Crippen LogP contribution in [0.25, 0.3) is 0 Å². The number of hydrogen-bond acceptors (Lipinski definition) is 5. The van der Waals surface area contributed by atoms with Gasteiger partial charge in [-0.25, -0.2) is 8.42 Å². The second-order valence-electron chi connectivity index (χ2n) is 6.08. The summed E-state index contributed by atoms with van der Waals surface area (Å²) in [6.07, 6.45) is 0.963. The summed E-state index contributed by atoms with van der Waals surface area (Å²) in [5, 5.41) is 7.09. The molecule has 0 amide bonds. The highest BCUT2D eigenvalue weighted by molar-refractivity contribution is 7.89. The first-order valence-corrected chi connectivity index (χ1v) is 9.63. The monoisotopic (exact) mass is 385 g/mol. The standard InChI is InChI=1S/C17H23N3O3S.ClH/c1-4-14-5-7-15(8-6-14)16-11-18-9-10-20(16)24(21,22)17-12(2)19-23-13(17)3;/h5-8,16,18H,4,9-11H2,1-3H3;1H. The van der Waals surface area contributed by atoms with Crippen molar-refractivity contribution >= 4 is 22.4 Å². The molecule has 0 bridgehead atoms. The van der Waals surface area contributed by atoms with Crippen molar-refractivity contribution in [1.82, 2.24) is 14.8 Å². The average Bonchev–Trinajstić information content (AvgIpc) is 2.94. The highest BCUT2D eigenvalue weighted by atomic mass is 35.5. The Morgan fingerprint density at radius 2 is 1.96 bits per heavy atom. The Hall–Kier alpha value is -1.41. The fourth-order valence-electron chi connectivity index (χ4n) is 3.19. The molecule has 0 saturated carbocycles. The molecule has 3 rings (SSSR count). The number of hydrogen-bond donors (Lipinski definition) is 1. The van der Waals surface area contributed by atoms with Crippen molar-refractivity contribution in [2.45, 2.75) is 38.1 Å². The van der Waals surface area contributed by atoms with Gasteiger partial charge in [0.2, 0.25) is 10.0 Å². The molecule has 1 aromatic carbocycles. The zero-order chi connectivity index (χ0) is 17.3. The SMILES string of the molecule is CCc1ccc(C2CNCCN2S(=O)(=O)c2c(C)noc2C)cc1.Cl. The maximum Gasteiger partial charge on any atom is 0.249 e. The van der Waals surface area contributed by atoms with Gasteiger partial charge in [0.05, 0.1) is 6.04 Å². The van der Waals surface area contributed by atoms with E-state index in [-0.39, 0.29) is 23.3 Å². The van der Waals surface area contributed by atoms with Crippen LogP contribution in [0.3, 0.4) is 0 Å². The van der Waals surface area contributed by atoms with Gasteiger partial charge in [-0.05, 0) is 31.4 Å². The maximum atomic E-state index is 13.2. The van der Waals surface area contributed by atoms with E-state index in [0.29, 0.717) is 31.1 Å². The van der Waals surface area contributed by atoms with Crippen LogP contribution in [0.15, 0.2) is 33.7 Å². The number of benzene rings is 1. The third-order valence-corrected chi connectivity index (χ3v) is 6.65. The number of aromatic nitrogens is 1. The largest absolute Gasteiger partial charge is 0.360 e. The van der Waals surface area contributed by atoms with E-state index in [1.165, 1.54) is 5.56 Å². The molecule has 8 heteroatoms. The van der Waals surface area contributed by atoms with Crippen molar-refractivity contribution in [3.05, 3.63) is 46.8 Å². The molecule has 0 radical (unpaired) electrons. The van der Waals surface area contributed by atoms with Gasteiger partial charge in [0.25, 0.3) is 0 Å². The molecule has 1 fully saturated rings. The zero-order valence-corrected chi connectivity index (χ0v) is 16.3. The van der Waals surface area contributed by atoms with Crippen molar-refractivity contribution in [3.8, 4) is 0 Å². The third kappa shape index (κ3) is 3.74. The quantitative estimate of drug-likeness (QED) is 0.875. The van der Waals surface area contributed by atoms with Gasteiger partial charge in [0.15, 0.2) is 5.76 Å².